The van der Waals surface area contributed by atoms with Gasteiger partial charge < -0.3 is 4.74 Å². The molecule has 1 atom stereocenters. The standard InChI is InChI=1S/C18H16ClFN2O2S/c1-9-7-12(8-10(2)15(9)19)24-11(3)17(23)22-18-21-16-13(20)5-4-6-14(16)25-18/h4-8,11H,1-3H3,(H,21,22,23). The van der Waals surface area contributed by atoms with Crippen molar-refractivity contribution < 1.29 is 13.9 Å². The molecular formula is C18H16ClFN2O2S. The number of carbonyl (C=O) groups excluding carboxylic acids is 1. The number of fused-ring (bicyclic) bond motifs is 1. The highest BCUT2D eigenvalue weighted by atomic mass is 35.5. The molecule has 130 valence electrons. The van der Waals surface area contributed by atoms with Crippen molar-refractivity contribution in [2.45, 2.75) is 26.9 Å². The van der Waals surface area contributed by atoms with Crippen molar-refractivity contribution >= 4 is 44.2 Å². The number of hydrogen-bond acceptors (Lipinski definition) is 4. The maximum atomic E-state index is 13.7. The highest BCUT2D eigenvalue weighted by Crippen LogP contribution is 2.28. The van der Waals surface area contributed by atoms with Crippen LogP contribution in [0.3, 0.4) is 0 Å². The van der Waals surface area contributed by atoms with E-state index in [1.807, 2.05) is 13.8 Å². The third kappa shape index (κ3) is 3.75. The van der Waals surface area contributed by atoms with Crippen LogP contribution in [0.25, 0.3) is 10.2 Å². The molecular weight excluding hydrogens is 363 g/mol. The Bertz CT molecular complexity index is 934. The number of hydrogen-bond donors (Lipinski definition) is 1. The van der Waals surface area contributed by atoms with Gasteiger partial charge in [0.25, 0.3) is 5.91 Å². The van der Waals surface area contributed by atoms with Crippen LogP contribution in [0.4, 0.5) is 9.52 Å². The minimum atomic E-state index is -0.739. The monoisotopic (exact) mass is 378 g/mol. The van der Waals surface area contributed by atoms with Gasteiger partial charge >= 0.3 is 0 Å². The Kier molecular flexibility index (Phi) is 4.92. The second kappa shape index (κ2) is 6.98. The predicted molar refractivity (Wildman–Crippen MR) is 99.2 cm³/mol. The van der Waals surface area contributed by atoms with Gasteiger partial charge in [0.1, 0.15) is 17.1 Å². The topological polar surface area (TPSA) is 51.2 Å². The van der Waals surface area contributed by atoms with Gasteiger partial charge in [-0.3, -0.25) is 10.1 Å². The largest absolute Gasteiger partial charge is 0.481 e. The summed E-state index contributed by atoms with van der Waals surface area (Å²) in [7, 11) is 0. The summed E-state index contributed by atoms with van der Waals surface area (Å²) in [6.45, 7) is 5.40. The smallest absolute Gasteiger partial charge is 0.266 e. The molecule has 1 N–H and O–H groups in total. The van der Waals surface area contributed by atoms with E-state index in [0.717, 1.165) is 11.1 Å². The maximum Gasteiger partial charge on any atom is 0.266 e. The van der Waals surface area contributed by atoms with Crippen LogP contribution in [0.1, 0.15) is 18.1 Å². The van der Waals surface area contributed by atoms with E-state index in [1.54, 1.807) is 31.2 Å². The van der Waals surface area contributed by atoms with Gasteiger partial charge in [-0.2, -0.15) is 0 Å². The van der Waals surface area contributed by atoms with Gasteiger partial charge in [0.2, 0.25) is 0 Å². The molecule has 0 bridgehead atoms. The Morgan fingerprint density at radius 2 is 2.00 bits per heavy atom. The third-order valence-corrected chi connectivity index (χ3v) is 5.22. The van der Waals surface area contributed by atoms with Gasteiger partial charge in [-0.1, -0.05) is 29.0 Å². The van der Waals surface area contributed by atoms with E-state index in [2.05, 4.69) is 10.3 Å². The van der Waals surface area contributed by atoms with Crippen LogP contribution in [0.2, 0.25) is 5.02 Å². The van der Waals surface area contributed by atoms with Gasteiger partial charge in [-0.25, -0.2) is 9.37 Å². The number of rotatable bonds is 4. The normalized spacial score (nSPS) is 12.2. The number of aryl methyl sites for hydroxylation is 2. The van der Waals surface area contributed by atoms with Gasteiger partial charge in [-0.15, -0.1) is 0 Å². The highest BCUT2D eigenvalue weighted by molar-refractivity contribution is 7.22. The third-order valence-electron chi connectivity index (χ3n) is 3.69. The summed E-state index contributed by atoms with van der Waals surface area (Å²) >= 11 is 7.35. The van der Waals surface area contributed by atoms with Crippen LogP contribution in [0, 0.1) is 19.7 Å². The number of aromatic nitrogens is 1. The lowest BCUT2D eigenvalue weighted by Gasteiger charge is -2.15. The van der Waals surface area contributed by atoms with Crippen LogP contribution >= 0.6 is 22.9 Å². The number of amides is 1. The molecule has 0 fully saturated rings. The minimum Gasteiger partial charge on any atom is -0.481 e. The molecule has 1 heterocycles. The molecule has 1 aromatic heterocycles. The molecule has 7 heteroatoms. The number of ether oxygens (including phenoxy) is 1. The number of anilines is 1. The summed E-state index contributed by atoms with van der Waals surface area (Å²) in [6.07, 6.45) is -0.739. The fourth-order valence-corrected chi connectivity index (χ4v) is 3.40. The minimum absolute atomic E-state index is 0.250. The Balaban J connectivity index is 1.73. The lowest BCUT2D eigenvalue weighted by molar-refractivity contribution is -0.122. The average Bonchev–Trinajstić information content (AvgIpc) is 2.96. The Morgan fingerprint density at radius 1 is 1.32 bits per heavy atom. The quantitative estimate of drug-likeness (QED) is 0.686. The molecule has 1 amide bonds. The van der Waals surface area contributed by atoms with E-state index in [0.29, 0.717) is 20.6 Å². The Morgan fingerprint density at radius 3 is 2.64 bits per heavy atom. The summed E-state index contributed by atoms with van der Waals surface area (Å²) in [5.74, 6) is -0.201. The Hall–Kier alpha value is -2.18. The molecule has 1 unspecified atom stereocenters. The fourth-order valence-electron chi connectivity index (χ4n) is 2.41. The van der Waals surface area contributed by atoms with Crippen molar-refractivity contribution in [3.8, 4) is 5.75 Å². The molecule has 3 rings (SSSR count). The lowest BCUT2D eigenvalue weighted by Crippen LogP contribution is -2.30. The van der Waals surface area contributed by atoms with Crippen molar-refractivity contribution in [2.24, 2.45) is 0 Å². The van der Waals surface area contributed by atoms with Gasteiger partial charge in [0.05, 0.1) is 4.70 Å². The summed E-state index contributed by atoms with van der Waals surface area (Å²) in [5, 5.41) is 3.69. The van der Waals surface area contributed by atoms with Crippen molar-refractivity contribution in [2.75, 3.05) is 5.32 Å². The first-order valence-electron chi connectivity index (χ1n) is 7.64. The van der Waals surface area contributed by atoms with Crippen molar-refractivity contribution in [1.29, 1.82) is 0 Å². The van der Waals surface area contributed by atoms with E-state index in [1.165, 1.54) is 17.4 Å². The summed E-state index contributed by atoms with van der Waals surface area (Å²) < 4.78 is 20.1. The number of nitrogens with one attached hydrogen (secondary N) is 1. The van der Waals surface area contributed by atoms with Crippen LogP contribution in [0.15, 0.2) is 30.3 Å². The van der Waals surface area contributed by atoms with Crippen molar-refractivity contribution in [3.63, 3.8) is 0 Å². The van der Waals surface area contributed by atoms with Gasteiger partial charge in [0, 0.05) is 5.02 Å². The molecule has 2 aromatic carbocycles. The number of nitrogens with zero attached hydrogens (tertiary/aromatic N) is 1. The number of carbonyl (C=O) groups is 1. The van der Waals surface area contributed by atoms with Crippen LogP contribution in [-0.4, -0.2) is 17.0 Å². The average molecular weight is 379 g/mol. The second-order valence-electron chi connectivity index (χ2n) is 5.73. The molecule has 0 radical (unpaired) electrons. The predicted octanol–water partition coefficient (Wildman–Crippen LogP) is 5.11. The molecule has 0 aliphatic carbocycles. The van der Waals surface area contributed by atoms with Crippen LogP contribution < -0.4 is 10.1 Å². The number of benzene rings is 2. The molecule has 0 saturated carbocycles. The molecule has 25 heavy (non-hydrogen) atoms. The molecule has 0 aliphatic rings. The van der Waals surface area contributed by atoms with Crippen molar-refractivity contribution in [1.82, 2.24) is 4.98 Å². The molecule has 4 nitrogen and oxygen atoms in total. The first kappa shape index (κ1) is 17.6. The van der Waals surface area contributed by atoms with E-state index in [4.69, 9.17) is 16.3 Å². The second-order valence-corrected chi connectivity index (χ2v) is 7.13. The van der Waals surface area contributed by atoms with E-state index >= 15 is 0 Å². The molecule has 3 aromatic rings. The summed E-state index contributed by atoms with van der Waals surface area (Å²) in [4.78, 5) is 16.4. The van der Waals surface area contributed by atoms with E-state index in [-0.39, 0.29) is 11.4 Å². The van der Waals surface area contributed by atoms with E-state index < -0.39 is 11.9 Å². The maximum absolute atomic E-state index is 13.7. The van der Waals surface area contributed by atoms with Crippen LogP contribution in [0.5, 0.6) is 5.75 Å². The lowest BCUT2D eigenvalue weighted by atomic mass is 10.1. The SMILES string of the molecule is Cc1cc(OC(C)C(=O)Nc2nc3c(F)cccc3s2)cc(C)c1Cl. The molecule has 0 saturated heterocycles. The van der Waals surface area contributed by atoms with Gasteiger partial charge in [0.15, 0.2) is 11.2 Å². The summed E-state index contributed by atoms with van der Waals surface area (Å²) in [6, 6.07) is 8.27. The zero-order valence-corrected chi connectivity index (χ0v) is 15.5. The Labute approximate surface area is 153 Å². The van der Waals surface area contributed by atoms with Crippen molar-refractivity contribution in [3.05, 3.63) is 52.3 Å². The van der Waals surface area contributed by atoms with Gasteiger partial charge in [-0.05, 0) is 56.2 Å². The van der Waals surface area contributed by atoms with Crippen LogP contribution in [-0.2, 0) is 4.79 Å². The summed E-state index contributed by atoms with van der Waals surface area (Å²) in [5.41, 5.74) is 2.01. The van der Waals surface area contributed by atoms with E-state index in [9.17, 15) is 9.18 Å². The first-order valence-corrected chi connectivity index (χ1v) is 8.84. The molecule has 0 spiro atoms. The number of para-hydroxylation sites is 1. The highest BCUT2D eigenvalue weighted by Gasteiger charge is 2.18. The molecule has 0 aliphatic heterocycles. The zero-order valence-electron chi connectivity index (χ0n) is 13.9. The number of thiazole rings is 1. The fraction of sp³-hybridized carbons (Fsp3) is 0.222. The zero-order chi connectivity index (χ0) is 18.1. The number of halogens is 2. The first-order chi connectivity index (χ1) is 11.8.